The molecule has 0 amide bonds. The summed E-state index contributed by atoms with van der Waals surface area (Å²) in [6, 6.07) is 0. The minimum atomic E-state index is -0.152. The molecule has 0 aliphatic rings. The molecular formula is C11H12Br2O2. The van der Waals surface area contributed by atoms with Gasteiger partial charge in [0.1, 0.15) is 5.75 Å². The van der Waals surface area contributed by atoms with Crippen molar-refractivity contribution in [3.63, 3.8) is 0 Å². The molecule has 2 nitrogen and oxygen atoms in total. The van der Waals surface area contributed by atoms with Gasteiger partial charge in [-0.3, -0.25) is 4.79 Å². The molecule has 82 valence electrons. The highest BCUT2D eigenvalue weighted by Gasteiger charge is 2.20. The number of rotatable bonds is 2. The monoisotopic (exact) mass is 334 g/mol. The zero-order chi connectivity index (χ0) is 11.7. The number of hydrogen-bond acceptors (Lipinski definition) is 2. The standard InChI is InChI=1S/C11H12Br2O2/c1-5-6(2)10(15-4)8(11(13)14)7(3)9(5)12/h1-4H3. The number of halogens is 2. The van der Waals surface area contributed by atoms with Gasteiger partial charge >= 0.3 is 0 Å². The maximum absolute atomic E-state index is 11.5. The Labute approximate surface area is 106 Å². The van der Waals surface area contributed by atoms with Crippen molar-refractivity contribution in [3.8, 4) is 5.75 Å². The van der Waals surface area contributed by atoms with Crippen molar-refractivity contribution < 1.29 is 9.53 Å². The van der Waals surface area contributed by atoms with Crippen LogP contribution in [0.4, 0.5) is 0 Å². The molecule has 0 radical (unpaired) electrons. The van der Waals surface area contributed by atoms with E-state index >= 15 is 0 Å². The van der Waals surface area contributed by atoms with Crippen molar-refractivity contribution in [1.29, 1.82) is 0 Å². The van der Waals surface area contributed by atoms with E-state index in [9.17, 15) is 4.79 Å². The molecule has 0 bridgehead atoms. The summed E-state index contributed by atoms with van der Waals surface area (Å²) >= 11 is 6.46. The summed E-state index contributed by atoms with van der Waals surface area (Å²) in [5, 5.41) is 0. The van der Waals surface area contributed by atoms with Crippen LogP contribution in [0.15, 0.2) is 4.47 Å². The summed E-state index contributed by atoms with van der Waals surface area (Å²) in [6.45, 7) is 5.84. The lowest BCUT2D eigenvalue weighted by atomic mass is 10.00. The second kappa shape index (κ2) is 4.66. The molecule has 0 aromatic heterocycles. The normalized spacial score (nSPS) is 10.3. The smallest absolute Gasteiger partial charge is 0.232 e. The molecule has 1 rings (SSSR count). The first-order valence-corrected chi connectivity index (χ1v) is 6.03. The molecule has 0 unspecified atom stereocenters. The van der Waals surface area contributed by atoms with E-state index in [-0.39, 0.29) is 4.69 Å². The lowest BCUT2D eigenvalue weighted by molar-refractivity contribution is 0.109. The van der Waals surface area contributed by atoms with E-state index in [1.807, 2.05) is 20.8 Å². The molecule has 0 aliphatic heterocycles. The number of hydrogen-bond donors (Lipinski definition) is 0. The minimum absolute atomic E-state index is 0.152. The van der Waals surface area contributed by atoms with Crippen molar-refractivity contribution in [3.05, 3.63) is 26.7 Å². The average molecular weight is 336 g/mol. The molecule has 0 atom stereocenters. The van der Waals surface area contributed by atoms with Crippen LogP contribution in [0.5, 0.6) is 5.75 Å². The maximum atomic E-state index is 11.5. The minimum Gasteiger partial charge on any atom is -0.496 e. The molecule has 0 N–H and O–H groups in total. The predicted molar refractivity (Wildman–Crippen MR) is 68.2 cm³/mol. The Hall–Kier alpha value is -0.350. The number of carbonyl (C=O) groups is 1. The molecule has 0 saturated heterocycles. The Morgan fingerprint density at radius 3 is 2.07 bits per heavy atom. The van der Waals surface area contributed by atoms with Crippen molar-refractivity contribution in [1.82, 2.24) is 0 Å². The lowest BCUT2D eigenvalue weighted by Gasteiger charge is -2.16. The van der Waals surface area contributed by atoms with Gasteiger partial charge in [0, 0.05) is 4.47 Å². The average Bonchev–Trinajstić information content (AvgIpc) is 2.19. The third-order valence-corrected chi connectivity index (χ3v) is 4.15. The van der Waals surface area contributed by atoms with E-state index in [2.05, 4.69) is 31.9 Å². The Morgan fingerprint density at radius 1 is 1.13 bits per heavy atom. The van der Waals surface area contributed by atoms with Crippen LogP contribution in [0.25, 0.3) is 0 Å². The van der Waals surface area contributed by atoms with Crippen LogP contribution < -0.4 is 4.74 Å². The summed E-state index contributed by atoms with van der Waals surface area (Å²) in [5.41, 5.74) is 3.57. The van der Waals surface area contributed by atoms with Crippen LogP contribution in [0, 0.1) is 20.8 Å². The van der Waals surface area contributed by atoms with Gasteiger partial charge in [-0.25, -0.2) is 0 Å². The summed E-state index contributed by atoms with van der Waals surface area (Å²) in [4.78, 5) is 11.5. The molecule has 15 heavy (non-hydrogen) atoms. The fraction of sp³-hybridized carbons (Fsp3) is 0.364. The van der Waals surface area contributed by atoms with Crippen LogP contribution in [0.3, 0.4) is 0 Å². The van der Waals surface area contributed by atoms with Gasteiger partial charge in [0.25, 0.3) is 0 Å². The Balaban J connectivity index is 3.70. The van der Waals surface area contributed by atoms with Crippen LogP contribution in [0.1, 0.15) is 27.0 Å². The first kappa shape index (κ1) is 12.7. The topological polar surface area (TPSA) is 26.3 Å². The summed E-state index contributed by atoms with van der Waals surface area (Å²) < 4.78 is 6.09. The summed E-state index contributed by atoms with van der Waals surface area (Å²) in [7, 11) is 1.58. The van der Waals surface area contributed by atoms with Crippen molar-refractivity contribution in [2.24, 2.45) is 0 Å². The van der Waals surface area contributed by atoms with E-state index in [0.717, 1.165) is 21.2 Å². The van der Waals surface area contributed by atoms with Gasteiger partial charge in [0.05, 0.1) is 12.7 Å². The van der Waals surface area contributed by atoms with Gasteiger partial charge in [-0.05, 0) is 53.4 Å². The Bertz CT molecular complexity index is 425. The first-order chi connectivity index (χ1) is 6.91. The highest BCUT2D eigenvalue weighted by molar-refractivity contribution is 9.18. The van der Waals surface area contributed by atoms with Gasteiger partial charge in [0.15, 0.2) is 0 Å². The molecular weight excluding hydrogens is 324 g/mol. The fourth-order valence-electron chi connectivity index (χ4n) is 1.58. The molecule has 1 aromatic carbocycles. The molecule has 0 spiro atoms. The van der Waals surface area contributed by atoms with Gasteiger partial charge in [-0.2, -0.15) is 0 Å². The SMILES string of the molecule is COc1c(C)c(C)c(Br)c(C)c1C(=O)Br. The fourth-order valence-corrected chi connectivity index (χ4v) is 2.55. The van der Waals surface area contributed by atoms with Crippen molar-refractivity contribution in [2.45, 2.75) is 20.8 Å². The van der Waals surface area contributed by atoms with Crippen molar-refractivity contribution >= 4 is 36.6 Å². The van der Waals surface area contributed by atoms with Crippen LogP contribution in [-0.4, -0.2) is 11.8 Å². The number of methoxy groups -OCH3 is 1. The number of ether oxygens (including phenoxy) is 1. The lowest BCUT2D eigenvalue weighted by Crippen LogP contribution is -2.03. The molecule has 0 fully saturated rings. The maximum Gasteiger partial charge on any atom is 0.232 e. The molecule has 4 heteroatoms. The van der Waals surface area contributed by atoms with Crippen LogP contribution >= 0.6 is 31.9 Å². The third-order valence-electron chi connectivity index (χ3n) is 2.56. The highest BCUT2D eigenvalue weighted by atomic mass is 79.9. The molecule has 0 saturated carbocycles. The van der Waals surface area contributed by atoms with Crippen molar-refractivity contribution in [2.75, 3.05) is 7.11 Å². The molecule has 1 aromatic rings. The largest absolute Gasteiger partial charge is 0.496 e. The summed E-state index contributed by atoms with van der Waals surface area (Å²) in [6.07, 6.45) is 0. The molecule has 0 aliphatic carbocycles. The second-order valence-corrected chi connectivity index (χ2v) is 4.88. The van der Waals surface area contributed by atoms with Gasteiger partial charge in [-0.1, -0.05) is 15.9 Å². The third kappa shape index (κ3) is 2.11. The molecule has 0 heterocycles. The predicted octanol–water partition coefficient (Wildman–Crippen LogP) is 3.92. The first-order valence-electron chi connectivity index (χ1n) is 4.44. The highest BCUT2D eigenvalue weighted by Crippen LogP contribution is 2.36. The Morgan fingerprint density at radius 2 is 1.67 bits per heavy atom. The van der Waals surface area contributed by atoms with E-state index < -0.39 is 0 Å². The van der Waals surface area contributed by atoms with Gasteiger partial charge in [0.2, 0.25) is 4.69 Å². The zero-order valence-electron chi connectivity index (χ0n) is 9.07. The van der Waals surface area contributed by atoms with E-state index in [1.54, 1.807) is 7.11 Å². The quantitative estimate of drug-likeness (QED) is 0.766. The Kier molecular flexibility index (Phi) is 3.95. The van der Waals surface area contributed by atoms with Crippen LogP contribution in [0.2, 0.25) is 0 Å². The van der Waals surface area contributed by atoms with E-state index in [1.165, 1.54) is 0 Å². The number of benzene rings is 1. The zero-order valence-corrected chi connectivity index (χ0v) is 12.2. The van der Waals surface area contributed by atoms with E-state index in [4.69, 9.17) is 4.74 Å². The number of carbonyl (C=O) groups excluding carboxylic acids is 1. The summed E-state index contributed by atoms with van der Waals surface area (Å²) in [5.74, 6) is 0.648. The van der Waals surface area contributed by atoms with Gasteiger partial charge < -0.3 is 4.74 Å². The van der Waals surface area contributed by atoms with Crippen LogP contribution in [-0.2, 0) is 0 Å². The van der Waals surface area contributed by atoms with E-state index in [0.29, 0.717) is 11.3 Å². The van der Waals surface area contributed by atoms with Gasteiger partial charge in [-0.15, -0.1) is 0 Å². The second-order valence-electron chi connectivity index (χ2n) is 3.37.